The van der Waals surface area contributed by atoms with E-state index in [2.05, 4.69) is 5.32 Å². The van der Waals surface area contributed by atoms with Crippen LogP contribution in [0.4, 0.5) is 11.4 Å². The van der Waals surface area contributed by atoms with Crippen LogP contribution in [0, 0.1) is 6.92 Å². The molecule has 1 unspecified atom stereocenters. The molecule has 3 N–H and O–H groups in total. The minimum atomic E-state index is -3.68. The fraction of sp³-hybridized carbons (Fsp3) is 0.353. The number of benzene rings is 1. The number of methoxy groups -OCH3 is 1. The molecule has 3 rings (SSSR count). The number of nitrogens with zero attached hydrogens (tertiary/aromatic N) is 1. The first-order valence-corrected chi connectivity index (χ1v) is 10.4. The Kier molecular flexibility index (Phi) is 5.22. The molecule has 1 aliphatic heterocycles. The maximum absolute atomic E-state index is 12.9. The van der Waals surface area contributed by atoms with E-state index in [1.54, 1.807) is 30.3 Å². The molecule has 1 aliphatic rings. The molecule has 26 heavy (non-hydrogen) atoms. The molecule has 0 radical (unpaired) electrons. The predicted octanol–water partition coefficient (Wildman–Crippen LogP) is 2.44. The van der Waals surface area contributed by atoms with Crippen LogP contribution >= 0.6 is 11.3 Å². The molecule has 1 atom stereocenters. The number of ether oxygens (including phenoxy) is 1. The molecule has 1 aromatic heterocycles. The molecule has 9 heteroatoms. The number of amides is 1. The van der Waals surface area contributed by atoms with Crippen LogP contribution in [-0.2, 0) is 14.8 Å². The van der Waals surface area contributed by atoms with Crippen LogP contribution < -0.4 is 15.8 Å². The van der Waals surface area contributed by atoms with E-state index in [-0.39, 0.29) is 10.1 Å². The summed E-state index contributed by atoms with van der Waals surface area (Å²) in [5.74, 6) is 0.157. The molecule has 0 saturated carbocycles. The van der Waals surface area contributed by atoms with Crippen LogP contribution in [0.1, 0.15) is 17.7 Å². The molecule has 0 bridgehead atoms. The zero-order chi connectivity index (χ0) is 18.9. The van der Waals surface area contributed by atoms with Crippen LogP contribution in [0.25, 0.3) is 0 Å². The highest BCUT2D eigenvalue weighted by atomic mass is 32.2. The normalized spacial score (nSPS) is 18.0. The van der Waals surface area contributed by atoms with Crippen molar-refractivity contribution in [3.63, 3.8) is 0 Å². The fourth-order valence-corrected chi connectivity index (χ4v) is 6.06. The number of anilines is 2. The molecular formula is C17H21N3O4S2. The number of nitrogen functional groups attached to an aromatic ring is 1. The van der Waals surface area contributed by atoms with E-state index in [0.29, 0.717) is 36.5 Å². The first kappa shape index (κ1) is 18.7. The summed E-state index contributed by atoms with van der Waals surface area (Å²) in [4.78, 5) is 13.6. The van der Waals surface area contributed by atoms with Gasteiger partial charge in [-0.15, -0.1) is 11.3 Å². The van der Waals surface area contributed by atoms with Gasteiger partial charge in [-0.05, 0) is 50.1 Å². The van der Waals surface area contributed by atoms with Crippen LogP contribution in [0.5, 0.6) is 5.75 Å². The van der Waals surface area contributed by atoms with Gasteiger partial charge >= 0.3 is 0 Å². The summed E-state index contributed by atoms with van der Waals surface area (Å²) in [5.41, 5.74) is 6.76. The average Bonchev–Trinajstić information content (AvgIpc) is 3.24. The predicted molar refractivity (Wildman–Crippen MR) is 102 cm³/mol. The quantitative estimate of drug-likeness (QED) is 0.757. The molecule has 1 aromatic carbocycles. The second kappa shape index (κ2) is 7.26. The second-order valence-corrected chi connectivity index (χ2v) is 9.49. The Bertz CT molecular complexity index is 924. The van der Waals surface area contributed by atoms with E-state index >= 15 is 0 Å². The molecule has 1 amide bonds. The van der Waals surface area contributed by atoms with Gasteiger partial charge < -0.3 is 15.8 Å². The van der Waals surface area contributed by atoms with Crippen molar-refractivity contribution in [2.45, 2.75) is 30.0 Å². The minimum absolute atomic E-state index is 0.267. The highest BCUT2D eigenvalue weighted by Gasteiger charge is 2.40. The fourth-order valence-electron chi connectivity index (χ4n) is 2.99. The Hall–Kier alpha value is -2.10. The Labute approximate surface area is 156 Å². The third kappa shape index (κ3) is 3.55. The summed E-state index contributed by atoms with van der Waals surface area (Å²) in [6, 6.07) is 7.54. The number of nitrogens with two attached hydrogens (primary N) is 1. The van der Waals surface area contributed by atoms with E-state index < -0.39 is 16.1 Å². The molecule has 1 saturated heterocycles. The molecule has 7 nitrogen and oxygen atoms in total. The number of sulfonamides is 1. The van der Waals surface area contributed by atoms with Crippen molar-refractivity contribution in [2.75, 3.05) is 24.7 Å². The van der Waals surface area contributed by atoms with Gasteiger partial charge in [-0.3, -0.25) is 4.79 Å². The van der Waals surface area contributed by atoms with Gasteiger partial charge in [-0.2, -0.15) is 4.31 Å². The minimum Gasteiger partial charge on any atom is -0.495 e. The van der Waals surface area contributed by atoms with Crippen LogP contribution in [0.2, 0.25) is 0 Å². The molecule has 2 heterocycles. The summed E-state index contributed by atoms with van der Waals surface area (Å²) in [5, 5.41) is 2.76. The van der Waals surface area contributed by atoms with E-state index in [0.717, 1.165) is 4.88 Å². The average molecular weight is 396 g/mol. The number of hydrogen-bond acceptors (Lipinski definition) is 6. The van der Waals surface area contributed by atoms with Crippen molar-refractivity contribution in [2.24, 2.45) is 0 Å². The molecule has 2 aromatic rings. The van der Waals surface area contributed by atoms with Gasteiger partial charge in [0.1, 0.15) is 16.0 Å². The van der Waals surface area contributed by atoms with Gasteiger partial charge in [0.15, 0.2) is 0 Å². The SMILES string of the molecule is COc1ccc(NC(=O)C2CCCN2S(=O)(=O)c2ccc(C)s2)cc1N. The Morgan fingerprint density at radius 1 is 1.35 bits per heavy atom. The summed E-state index contributed by atoms with van der Waals surface area (Å²) >= 11 is 1.21. The second-order valence-electron chi connectivity index (χ2n) is 6.08. The number of carbonyl (C=O) groups excluding carboxylic acids is 1. The van der Waals surface area contributed by atoms with Crippen molar-refractivity contribution in [3.8, 4) is 5.75 Å². The summed E-state index contributed by atoms with van der Waals surface area (Å²) in [7, 11) is -2.17. The topological polar surface area (TPSA) is 102 Å². The maximum atomic E-state index is 12.9. The standard InChI is InChI=1S/C17H21N3O4S2/c1-11-5-8-16(25-11)26(22,23)20-9-3-4-14(20)17(21)19-12-6-7-15(24-2)13(18)10-12/h5-8,10,14H,3-4,9,18H2,1-2H3,(H,19,21). The lowest BCUT2D eigenvalue weighted by molar-refractivity contribution is -0.119. The van der Waals surface area contributed by atoms with E-state index in [4.69, 9.17) is 10.5 Å². The van der Waals surface area contributed by atoms with Crippen LogP contribution in [0.15, 0.2) is 34.5 Å². The Morgan fingerprint density at radius 3 is 2.73 bits per heavy atom. The van der Waals surface area contributed by atoms with E-state index in [1.165, 1.54) is 22.8 Å². The number of thiophene rings is 1. The zero-order valence-corrected chi connectivity index (χ0v) is 16.2. The van der Waals surface area contributed by atoms with Crippen molar-refractivity contribution in [1.29, 1.82) is 0 Å². The highest BCUT2D eigenvalue weighted by molar-refractivity contribution is 7.91. The smallest absolute Gasteiger partial charge is 0.253 e. The highest BCUT2D eigenvalue weighted by Crippen LogP contribution is 2.31. The summed E-state index contributed by atoms with van der Waals surface area (Å²) in [6.45, 7) is 2.19. The molecule has 0 aliphatic carbocycles. The summed E-state index contributed by atoms with van der Waals surface area (Å²) in [6.07, 6.45) is 1.13. The van der Waals surface area contributed by atoms with E-state index in [9.17, 15) is 13.2 Å². The number of aryl methyl sites for hydroxylation is 1. The maximum Gasteiger partial charge on any atom is 0.253 e. The lowest BCUT2D eigenvalue weighted by atomic mass is 10.2. The van der Waals surface area contributed by atoms with Gasteiger partial charge in [-0.25, -0.2) is 8.42 Å². The van der Waals surface area contributed by atoms with Crippen molar-refractivity contribution in [1.82, 2.24) is 4.31 Å². The first-order chi connectivity index (χ1) is 12.3. The lowest BCUT2D eigenvalue weighted by Crippen LogP contribution is -2.42. The summed E-state index contributed by atoms with van der Waals surface area (Å²) < 4.78 is 32.4. The Balaban J connectivity index is 1.79. The van der Waals surface area contributed by atoms with Gasteiger partial charge in [0, 0.05) is 17.1 Å². The molecule has 1 fully saturated rings. The van der Waals surface area contributed by atoms with Crippen molar-refractivity contribution in [3.05, 3.63) is 35.2 Å². The monoisotopic (exact) mass is 395 g/mol. The first-order valence-electron chi connectivity index (χ1n) is 8.15. The number of hydrogen-bond donors (Lipinski definition) is 2. The number of nitrogens with one attached hydrogen (secondary N) is 1. The zero-order valence-electron chi connectivity index (χ0n) is 14.6. The number of rotatable bonds is 5. The van der Waals surface area contributed by atoms with Gasteiger partial charge in [0.2, 0.25) is 5.91 Å². The number of carbonyl (C=O) groups is 1. The lowest BCUT2D eigenvalue weighted by Gasteiger charge is -2.22. The van der Waals surface area contributed by atoms with Gasteiger partial charge in [0.05, 0.1) is 12.8 Å². The van der Waals surface area contributed by atoms with Crippen LogP contribution in [0.3, 0.4) is 0 Å². The van der Waals surface area contributed by atoms with Crippen LogP contribution in [-0.4, -0.2) is 38.3 Å². The third-order valence-corrected chi connectivity index (χ3v) is 7.66. The molecule has 0 spiro atoms. The van der Waals surface area contributed by atoms with Crippen molar-refractivity contribution >= 4 is 38.6 Å². The van der Waals surface area contributed by atoms with Crippen molar-refractivity contribution < 1.29 is 17.9 Å². The Morgan fingerprint density at radius 2 is 2.12 bits per heavy atom. The van der Waals surface area contributed by atoms with E-state index in [1.807, 2.05) is 6.92 Å². The molecule has 140 valence electrons. The van der Waals surface area contributed by atoms with Gasteiger partial charge in [-0.1, -0.05) is 0 Å². The third-order valence-electron chi connectivity index (χ3n) is 4.28. The largest absolute Gasteiger partial charge is 0.495 e. The van der Waals surface area contributed by atoms with Gasteiger partial charge in [0.25, 0.3) is 10.0 Å². The molecular weight excluding hydrogens is 374 g/mol.